The zero-order chi connectivity index (χ0) is 17.9. The highest BCUT2D eigenvalue weighted by Gasteiger charge is 2.33. The molecule has 1 amide bonds. The van der Waals surface area contributed by atoms with Gasteiger partial charge in [0.05, 0.1) is 17.7 Å². The monoisotopic (exact) mass is 334 g/mol. The van der Waals surface area contributed by atoms with Gasteiger partial charge in [0.2, 0.25) is 0 Å². The van der Waals surface area contributed by atoms with Crippen LogP contribution in [0.3, 0.4) is 0 Å². The third kappa shape index (κ3) is 5.30. The molecule has 0 aliphatic carbocycles. The van der Waals surface area contributed by atoms with Gasteiger partial charge in [0.25, 0.3) is 5.91 Å². The number of aryl methyl sites for hydroxylation is 1. The molecule has 0 saturated carbocycles. The van der Waals surface area contributed by atoms with E-state index in [0.717, 1.165) is 12.0 Å². The molecule has 1 fully saturated rings. The van der Waals surface area contributed by atoms with Gasteiger partial charge in [-0.3, -0.25) is 9.69 Å². The molecule has 134 valence electrons. The van der Waals surface area contributed by atoms with E-state index in [2.05, 4.69) is 24.1 Å². The SMILES string of the molecule is CC(C)N1CC(O)C(NC(=O)c2cccc(CCC(C)(C)O)c2)C1. The van der Waals surface area contributed by atoms with E-state index in [1.165, 1.54) is 0 Å². The van der Waals surface area contributed by atoms with Crippen LogP contribution in [0.15, 0.2) is 24.3 Å². The average molecular weight is 334 g/mol. The Morgan fingerprint density at radius 3 is 2.67 bits per heavy atom. The predicted molar refractivity (Wildman–Crippen MR) is 95.0 cm³/mol. The number of nitrogens with zero attached hydrogens (tertiary/aromatic N) is 1. The highest BCUT2D eigenvalue weighted by atomic mass is 16.3. The first-order valence-corrected chi connectivity index (χ1v) is 8.70. The Bertz CT molecular complexity index is 566. The predicted octanol–water partition coefficient (Wildman–Crippen LogP) is 1.57. The van der Waals surface area contributed by atoms with E-state index >= 15 is 0 Å². The van der Waals surface area contributed by atoms with Crippen molar-refractivity contribution in [1.82, 2.24) is 10.2 Å². The van der Waals surface area contributed by atoms with Crippen LogP contribution in [-0.4, -0.2) is 57.9 Å². The molecule has 1 aromatic carbocycles. The first-order valence-electron chi connectivity index (χ1n) is 8.70. The van der Waals surface area contributed by atoms with Crippen molar-refractivity contribution in [2.45, 2.75) is 64.3 Å². The van der Waals surface area contributed by atoms with Gasteiger partial charge < -0.3 is 15.5 Å². The minimum Gasteiger partial charge on any atom is -0.390 e. The molecule has 0 bridgehead atoms. The third-order valence-electron chi connectivity index (χ3n) is 4.58. The van der Waals surface area contributed by atoms with Crippen LogP contribution in [0, 0.1) is 0 Å². The summed E-state index contributed by atoms with van der Waals surface area (Å²) in [6.45, 7) is 9.00. The maximum Gasteiger partial charge on any atom is 0.251 e. The minimum atomic E-state index is -0.716. The maximum atomic E-state index is 12.5. The summed E-state index contributed by atoms with van der Waals surface area (Å²) in [7, 11) is 0. The van der Waals surface area contributed by atoms with Gasteiger partial charge in [-0.25, -0.2) is 0 Å². The van der Waals surface area contributed by atoms with Crippen LogP contribution >= 0.6 is 0 Å². The van der Waals surface area contributed by atoms with Crippen LogP contribution < -0.4 is 5.32 Å². The minimum absolute atomic E-state index is 0.158. The third-order valence-corrected chi connectivity index (χ3v) is 4.58. The summed E-state index contributed by atoms with van der Waals surface area (Å²) in [6, 6.07) is 7.59. The standard InChI is InChI=1S/C19H30N2O3/c1-13(2)21-11-16(17(22)12-21)20-18(23)15-7-5-6-14(10-15)8-9-19(3,4)24/h5-7,10,13,16-17,22,24H,8-9,11-12H2,1-4H3,(H,20,23). The second-order valence-corrected chi connectivity index (χ2v) is 7.71. The first-order chi connectivity index (χ1) is 11.2. The van der Waals surface area contributed by atoms with Gasteiger partial charge in [-0.2, -0.15) is 0 Å². The summed E-state index contributed by atoms with van der Waals surface area (Å²) in [6.07, 6.45) is 0.829. The zero-order valence-corrected chi connectivity index (χ0v) is 15.1. The molecule has 2 rings (SSSR count). The number of amides is 1. The topological polar surface area (TPSA) is 72.8 Å². The molecule has 1 heterocycles. The van der Waals surface area contributed by atoms with E-state index in [9.17, 15) is 15.0 Å². The number of likely N-dealkylation sites (tertiary alicyclic amines) is 1. The molecule has 5 heteroatoms. The Kier molecular flexibility index (Phi) is 6.01. The average Bonchev–Trinajstić information content (AvgIpc) is 2.86. The summed E-state index contributed by atoms with van der Waals surface area (Å²) >= 11 is 0. The highest BCUT2D eigenvalue weighted by molar-refractivity contribution is 5.94. The Balaban J connectivity index is 1.97. The van der Waals surface area contributed by atoms with Crippen molar-refractivity contribution in [3.63, 3.8) is 0 Å². The number of nitrogens with one attached hydrogen (secondary N) is 1. The molecule has 24 heavy (non-hydrogen) atoms. The number of aliphatic hydroxyl groups is 2. The summed E-state index contributed by atoms with van der Waals surface area (Å²) in [5.41, 5.74) is 0.908. The van der Waals surface area contributed by atoms with Gasteiger partial charge in [-0.15, -0.1) is 0 Å². The van der Waals surface area contributed by atoms with E-state index in [4.69, 9.17) is 0 Å². The fourth-order valence-corrected chi connectivity index (χ4v) is 2.95. The number of carbonyl (C=O) groups is 1. The molecule has 2 unspecified atom stereocenters. The molecule has 0 radical (unpaired) electrons. The number of benzene rings is 1. The lowest BCUT2D eigenvalue weighted by molar-refractivity contribution is 0.0714. The van der Waals surface area contributed by atoms with Crippen molar-refractivity contribution < 1.29 is 15.0 Å². The fraction of sp³-hybridized carbons (Fsp3) is 0.632. The summed E-state index contributed by atoms with van der Waals surface area (Å²) in [5, 5.41) is 22.9. The van der Waals surface area contributed by atoms with Gasteiger partial charge in [0.15, 0.2) is 0 Å². The highest BCUT2D eigenvalue weighted by Crippen LogP contribution is 2.16. The lowest BCUT2D eigenvalue weighted by Crippen LogP contribution is -2.43. The summed E-state index contributed by atoms with van der Waals surface area (Å²) in [4.78, 5) is 14.6. The number of hydrogen-bond donors (Lipinski definition) is 3. The van der Waals surface area contributed by atoms with Crippen LogP contribution in [0.25, 0.3) is 0 Å². The lowest BCUT2D eigenvalue weighted by Gasteiger charge is -2.20. The van der Waals surface area contributed by atoms with E-state index < -0.39 is 11.7 Å². The van der Waals surface area contributed by atoms with Gasteiger partial charge >= 0.3 is 0 Å². The van der Waals surface area contributed by atoms with E-state index in [0.29, 0.717) is 31.1 Å². The fourth-order valence-electron chi connectivity index (χ4n) is 2.95. The molecule has 1 saturated heterocycles. The van der Waals surface area contributed by atoms with Crippen LogP contribution in [0.1, 0.15) is 50.0 Å². The second-order valence-electron chi connectivity index (χ2n) is 7.71. The normalized spacial score (nSPS) is 22.1. The molecule has 0 spiro atoms. The molecule has 2 atom stereocenters. The summed E-state index contributed by atoms with van der Waals surface area (Å²) < 4.78 is 0. The van der Waals surface area contributed by atoms with E-state index in [1.54, 1.807) is 19.9 Å². The Morgan fingerprint density at radius 1 is 1.38 bits per heavy atom. The number of β-amino-alcohol motifs (C(OH)–C–C–N with tert-alkyl or cyclic N) is 1. The molecule has 0 aromatic heterocycles. The molecule has 3 N–H and O–H groups in total. The largest absolute Gasteiger partial charge is 0.390 e. The molecular formula is C19H30N2O3. The van der Waals surface area contributed by atoms with Gasteiger partial charge in [-0.1, -0.05) is 12.1 Å². The Hall–Kier alpha value is -1.43. The van der Waals surface area contributed by atoms with Crippen LogP contribution in [-0.2, 0) is 6.42 Å². The first kappa shape index (κ1) is 18.9. The quantitative estimate of drug-likeness (QED) is 0.738. The molecule has 1 aliphatic heterocycles. The van der Waals surface area contributed by atoms with Crippen molar-refractivity contribution in [2.24, 2.45) is 0 Å². The number of hydrogen-bond acceptors (Lipinski definition) is 4. The number of rotatable bonds is 6. The van der Waals surface area contributed by atoms with Crippen LogP contribution in [0.2, 0.25) is 0 Å². The van der Waals surface area contributed by atoms with E-state index in [-0.39, 0.29) is 11.9 Å². The van der Waals surface area contributed by atoms with Crippen molar-refractivity contribution >= 4 is 5.91 Å². The zero-order valence-electron chi connectivity index (χ0n) is 15.1. The molecular weight excluding hydrogens is 304 g/mol. The van der Waals surface area contributed by atoms with Crippen molar-refractivity contribution in [3.8, 4) is 0 Å². The van der Waals surface area contributed by atoms with Gasteiger partial charge in [-0.05, 0) is 58.2 Å². The van der Waals surface area contributed by atoms with Crippen LogP contribution in [0.4, 0.5) is 0 Å². The van der Waals surface area contributed by atoms with Crippen LogP contribution in [0.5, 0.6) is 0 Å². The number of aliphatic hydroxyl groups excluding tert-OH is 1. The Morgan fingerprint density at radius 2 is 2.08 bits per heavy atom. The van der Waals surface area contributed by atoms with E-state index in [1.807, 2.05) is 18.2 Å². The molecule has 1 aromatic rings. The van der Waals surface area contributed by atoms with Gasteiger partial charge in [0, 0.05) is 24.7 Å². The van der Waals surface area contributed by atoms with Crippen molar-refractivity contribution in [1.29, 1.82) is 0 Å². The maximum absolute atomic E-state index is 12.5. The lowest BCUT2D eigenvalue weighted by atomic mass is 9.98. The van der Waals surface area contributed by atoms with Crippen molar-refractivity contribution in [3.05, 3.63) is 35.4 Å². The summed E-state index contributed by atoms with van der Waals surface area (Å²) in [5.74, 6) is -0.158. The van der Waals surface area contributed by atoms with Gasteiger partial charge in [0.1, 0.15) is 0 Å². The Labute approximate surface area is 144 Å². The number of carbonyl (C=O) groups excluding carboxylic acids is 1. The van der Waals surface area contributed by atoms with Crippen molar-refractivity contribution in [2.75, 3.05) is 13.1 Å². The smallest absolute Gasteiger partial charge is 0.251 e. The second kappa shape index (κ2) is 7.64. The molecule has 5 nitrogen and oxygen atoms in total. The molecule has 1 aliphatic rings.